The lowest BCUT2D eigenvalue weighted by Crippen LogP contribution is -2.29. The van der Waals surface area contributed by atoms with E-state index in [2.05, 4.69) is 6.92 Å². The molecule has 1 aliphatic rings. The average Bonchev–Trinajstić information content (AvgIpc) is 3.18. The molecule has 0 bridgehead atoms. The predicted octanol–water partition coefficient (Wildman–Crippen LogP) is 6.85. The van der Waals surface area contributed by atoms with Crippen LogP contribution < -0.4 is 14.4 Å². The molecule has 1 unspecified atom stereocenters. The first-order valence-electron chi connectivity index (χ1n) is 12.3. The summed E-state index contributed by atoms with van der Waals surface area (Å²) in [6.07, 6.45) is 3.16. The molecule has 1 saturated heterocycles. The van der Waals surface area contributed by atoms with Crippen molar-refractivity contribution in [1.29, 1.82) is 0 Å². The van der Waals surface area contributed by atoms with E-state index in [4.69, 9.17) is 21.1 Å². The van der Waals surface area contributed by atoms with Gasteiger partial charge in [-0.05, 0) is 61.4 Å². The number of carbonyl (C=O) groups is 2. The smallest absolute Gasteiger partial charge is 0.300 e. The third-order valence-electron chi connectivity index (χ3n) is 6.46. The summed E-state index contributed by atoms with van der Waals surface area (Å²) in [5.41, 5.74) is 2.23. The number of rotatable bonds is 9. The number of ketones is 1. The molecule has 1 aliphatic heterocycles. The largest absolute Gasteiger partial charge is 0.507 e. The lowest BCUT2D eigenvalue weighted by Gasteiger charge is -2.27. The number of aliphatic hydroxyl groups excluding tert-OH is 1. The SMILES string of the molecule is CCCCCOc1ccc(/C(O)=C2\C(=O)C(=O)N(c3ccc(C)c(Cl)c3)C2c2ccccc2OC)cc1. The van der Waals surface area contributed by atoms with Gasteiger partial charge in [-0.15, -0.1) is 0 Å². The van der Waals surface area contributed by atoms with E-state index in [1.807, 2.05) is 6.92 Å². The minimum Gasteiger partial charge on any atom is -0.507 e. The summed E-state index contributed by atoms with van der Waals surface area (Å²) < 4.78 is 11.3. The number of para-hydroxylation sites is 1. The Morgan fingerprint density at radius 2 is 1.76 bits per heavy atom. The normalized spacial score (nSPS) is 16.8. The molecule has 4 rings (SSSR count). The number of hydrogen-bond acceptors (Lipinski definition) is 5. The summed E-state index contributed by atoms with van der Waals surface area (Å²) in [5, 5.41) is 11.8. The second kappa shape index (κ2) is 11.5. The zero-order valence-electron chi connectivity index (χ0n) is 21.2. The van der Waals surface area contributed by atoms with Crippen molar-refractivity contribution >= 4 is 34.7 Å². The molecule has 37 heavy (non-hydrogen) atoms. The molecule has 1 amide bonds. The monoisotopic (exact) mass is 519 g/mol. The van der Waals surface area contributed by atoms with E-state index in [1.54, 1.807) is 66.7 Å². The number of Topliss-reactive ketones (excluding diaryl/α,β-unsaturated/α-hetero) is 1. The van der Waals surface area contributed by atoms with Crippen LogP contribution in [0.5, 0.6) is 11.5 Å². The van der Waals surface area contributed by atoms with Gasteiger partial charge in [0.2, 0.25) is 0 Å². The number of anilines is 1. The van der Waals surface area contributed by atoms with Gasteiger partial charge >= 0.3 is 0 Å². The maximum atomic E-state index is 13.4. The molecule has 192 valence electrons. The number of amides is 1. The van der Waals surface area contributed by atoms with Gasteiger partial charge in [0.15, 0.2) is 0 Å². The van der Waals surface area contributed by atoms with Crippen molar-refractivity contribution in [2.24, 2.45) is 0 Å². The highest BCUT2D eigenvalue weighted by Gasteiger charge is 2.48. The van der Waals surface area contributed by atoms with Gasteiger partial charge < -0.3 is 14.6 Å². The van der Waals surface area contributed by atoms with E-state index in [0.29, 0.717) is 39.9 Å². The molecule has 0 radical (unpaired) electrons. The first-order chi connectivity index (χ1) is 17.9. The van der Waals surface area contributed by atoms with E-state index in [-0.39, 0.29) is 11.3 Å². The second-order valence-corrected chi connectivity index (χ2v) is 9.33. The van der Waals surface area contributed by atoms with Crippen LogP contribution >= 0.6 is 11.6 Å². The number of carbonyl (C=O) groups excluding carboxylic acids is 2. The predicted molar refractivity (Wildman–Crippen MR) is 145 cm³/mol. The van der Waals surface area contributed by atoms with Crippen molar-refractivity contribution in [1.82, 2.24) is 0 Å². The topological polar surface area (TPSA) is 76.1 Å². The van der Waals surface area contributed by atoms with E-state index in [1.165, 1.54) is 12.0 Å². The maximum Gasteiger partial charge on any atom is 0.300 e. The van der Waals surface area contributed by atoms with E-state index in [9.17, 15) is 14.7 Å². The number of aryl methyl sites for hydroxylation is 1. The Labute approximate surface area is 222 Å². The van der Waals surface area contributed by atoms with Crippen molar-refractivity contribution in [2.75, 3.05) is 18.6 Å². The van der Waals surface area contributed by atoms with Crippen molar-refractivity contribution in [3.63, 3.8) is 0 Å². The zero-order chi connectivity index (χ0) is 26.5. The van der Waals surface area contributed by atoms with Crippen LogP contribution in [0.1, 0.15) is 48.9 Å². The van der Waals surface area contributed by atoms with Gasteiger partial charge in [0.25, 0.3) is 11.7 Å². The second-order valence-electron chi connectivity index (χ2n) is 8.92. The Hall–Kier alpha value is -3.77. The fraction of sp³-hybridized carbons (Fsp3) is 0.267. The Morgan fingerprint density at radius 3 is 2.43 bits per heavy atom. The third-order valence-corrected chi connectivity index (χ3v) is 6.86. The van der Waals surface area contributed by atoms with Crippen LogP contribution in [-0.2, 0) is 9.59 Å². The third kappa shape index (κ3) is 5.35. The van der Waals surface area contributed by atoms with Crippen LogP contribution in [0.4, 0.5) is 5.69 Å². The van der Waals surface area contributed by atoms with Crippen LogP contribution in [0.2, 0.25) is 5.02 Å². The molecule has 1 atom stereocenters. The van der Waals surface area contributed by atoms with Gasteiger partial charge in [-0.25, -0.2) is 0 Å². The van der Waals surface area contributed by atoms with Crippen LogP contribution in [0, 0.1) is 6.92 Å². The van der Waals surface area contributed by atoms with Crippen molar-refractivity contribution in [3.8, 4) is 11.5 Å². The molecule has 0 aromatic heterocycles. The number of benzene rings is 3. The number of nitrogens with zero attached hydrogens (tertiary/aromatic N) is 1. The lowest BCUT2D eigenvalue weighted by molar-refractivity contribution is -0.132. The van der Waals surface area contributed by atoms with Gasteiger partial charge in [0, 0.05) is 21.8 Å². The molecule has 3 aromatic carbocycles. The highest BCUT2D eigenvalue weighted by atomic mass is 35.5. The number of hydrogen-bond donors (Lipinski definition) is 1. The summed E-state index contributed by atoms with van der Waals surface area (Å²) in [5.74, 6) is -0.659. The van der Waals surface area contributed by atoms with Crippen LogP contribution in [0.25, 0.3) is 5.76 Å². The standard InChI is InChI=1S/C30H30ClNO5/c1-4-5-8-17-37-22-15-12-20(13-16-22)28(33)26-27(23-9-6-7-10-25(23)36-3)32(30(35)29(26)34)21-14-11-19(2)24(31)18-21/h6-7,9-16,18,27,33H,4-5,8,17H2,1-3H3/b28-26+. The summed E-state index contributed by atoms with van der Waals surface area (Å²) in [7, 11) is 1.52. The van der Waals surface area contributed by atoms with Gasteiger partial charge in [0.1, 0.15) is 17.3 Å². The molecule has 0 saturated carbocycles. The number of methoxy groups -OCH3 is 1. The number of halogens is 1. The van der Waals surface area contributed by atoms with Crippen LogP contribution in [-0.4, -0.2) is 30.5 Å². The quantitative estimate of drug-likeness (QED) is 0.145. The number of unbranched alkanes of at least 4 members (excludes halogenated alkanes) is 2. The molecular weight excluding hydrogens is 490 g/mol. The zero-order valence-corrected chi connectivity index (χ0v) is 21.9. The average molecular weight is 520 g/mol. The molecule has 7 heteroatoms. The van der Waals surface area contributed by atoms with Crippen molar-refractivity contribution < 1.29 is 24.2 Å². The molecule has 1 fully saturated rings. The molecule has 0 spiro atoms. The van der Waals surface area contributed by atoms with Gasteiger partial charge in [-0.1, -0.05) is 55.6 Å². The van der Waals surface area contributed by atoms with E-state index < -0.39 is 17.7 Å². The highest BCUT2D eigenvalue weighted by molar-refractivity contribution is 6.52. The number of ether oxygens (including phenoxy) is 2. The first kappa shape index (κ1) is 26.3. The Balaban J connectivity index is 1.81. The number of aliphatic hydroxyl groups is 1. The molecular formula is C30H30ClNO5. The Morgan fingerprint density at radius 1 is 1.03 bits per heavy atom. The van der Waals surface area contributed by atoms with Crippen LogP contribution in [0.15, 0.2) is 72.3 Å². The van der Waals surface area contributed by atoms with E-state index in [0.717, 1.165) is 24.8 Å². The Bertz CT molecular complexity index is 1330. The Kier molecular flexibility index (Phi) is 8.19. The molecule has 1 N–H and O–H groups in total. The molecule has 6 nitrogen and oxygen atoms in total. The fourth-order valence-electron chi connectivity index (χ4n) is 4.42. The summed E-state index contributed by atoms with van der Waals surface area (Å²) in [6.45, 7) is 4.60. The molecule has 3 aromatic rings. The van der Waals surface area contributed by atoms with Crippen LogP contribution in [0.3, 0.4) is 0 Å². The van der Waals surface area contributed by atoms with Gasteiger partial charge in [-0.3, -0.25) is 14.5 Å². The van der Waals surface area contributed by atoms with E-state index >= 15 is 0 Å². The summed E-state index contributed by atoms with van der Waals surface area (Å²) in [4.78, 5) is 28.1. The fourth-order valence-corrected chi connectivity index (χ4v) is 4.60. The lowest BCUT2D eigenvalue weighted by atomic mass is 9.94. The van der Waals surface area contributed by atoms with Crippen molar-refractivity contribution in [3.05, 3.63) is 94.0 Å². The molecule has 0 aliphatic carbocycles. The minimum absolute atomic E-state index is 0.0252. The first-order valence-corrected chi connectivity index (χ1v) is 12.7. The van der Waals surface area contributed by atoms with Gasteiger partial charge in [0.05, 0.1) is 25.3 Å². The summed E-state index contributed by atoms with van der Waals surface area (Å²) in [6, 6.07) is 18.2. The van der Waals surface area contributed by atoms with Crippen molar-refractivity contribution in [2.45, 2.75) is 39.2 Å². The minimum atomic E-state index is -0.917. The maximum absolute atomic E-state index is 13.4. The van der Waals surface area contributed by atoms with Gasteiger partial charge in [-0.2, -0.15) is 0 Å². The highest BCUT2D eigenvalue weighted by Crippen LogP contribution is 2.45. The molecule has 1 heterocycles. The summed E-state index contributed by atoms with van der Waals surface area (Å²) >= 11 is 6.37.